The van der Waals surface area contributed by atoms with Gasteiger partial charge in [0.2, 0.25) is 0 Å². The molecule has 0 bridgehead atoms. The van der Waals surface area contributed by atoms with Crippen LogP contribution >= 0.6 is 0 Å². The first-order valence-electron chi connectivity index (χ1n) is 9.30. The summed E-state index contributed by atoms with van der Waals surface area (Å²) in [5, 5.41) is 10.8. The summed E-state index contributed by atoms with van der Waals surface area (Å²) in [4.78, 5) is 11.4. The van der Waals surface area contributed by atoms with E-state index in [4.69, 9.17) is 5.11 Å². The van der Waals surface area contributed by atoms with E-state index in [1.807, 2.05) is 0 Å². The van der Waals surface area contributed by atoms with Gasteiger partial charge in [-0.15, -0.1) is 0 Å². The molecule has 0 fully saturated rings. The first-order valence-corrected chi connectivity index (χ1v) is 11.2. The summed E-state index contributed by atoms with van der Waals surface area (Å²) in [6.45, 7) is 3.01. The van der Waals surface area contributed by atoms with E-state index >= 15 is 0 Å². The average Bonchev–Trinajstić information content (AvgIpc) is 2.64. The molecule has 0 heterocycles. The Hall–Kier alpha value is -2.46. The molecule has 2 rings (SSSR count). The number of hydrogen-bond donors (Lipinski definition) is 2. The first kappa shape index (κ1) is 24.8. The normalized spacial score (nSPS) is 15.5. The lowest BCUT2D eigenvalue weighted by molar-refractivity contribution is -0.180. The number of alkyl halides is 4. The number of sulfone groups is 1. The molecule has 10 heteroatoms. The second-order valence-electron chi connectivity index (χ2n) is 7.74. The Kier molecular flexibility index (Phi) is 7.17. The summed E-state index contributed by atoms with van der Waals surface area (Å²) in [6.07, 6.45) is -4.52. The summed E-state index contributed by atoms with van der Waals surface area (Å²) < 4.78 is 78.8. The number of halogens is 4. The molecule has 2 aromatic carbocycles. The van der Waals surface area contributed by atoms with Crippen LogP contribution in [0.5, 0.6) is 0 Å². The maximum absolute atomic E-state index is 14.8. The van der Waals surface area contributed by atoms with E-state index in [9.17, 15) is 30.8 Å². The molecule has 2 N–H and O–H groups in total. The minimum Gasteiger partial charge on any atom is -0.478 e. The minimum atomic E-state index is -4.94. The molecule has 0 amide bonds. The summed E-state index contributed by atoms with van der Waals surface area (Å²) in [6, 6.07) is 8.26. The Labute approximate surface area is 178 Å². The van der Waals surface area contributed by atoms with E-state index in [0.29, 0.717) is 11.1 Å². The topological polar surface area (TPSA) is 83.5 Å². The van der Waals surface area contributed by atoms with Crippen LogP contribution in [-0.4, -0.2) is 37.7 Å². The van der Waals surface area contributed by atoms with Gasteiger partial charge in [0.05, 0.1) is 4.90 Å². The Morgan fingerprint density at radius 3 is 1.77 bits per heavy atom. The quantitative estimate of drug-likeness (QED) is 0.438. The van der Waals surface area contributed by atoms with Crippen LogP contribution in [-0.2, 0) is 14.6 Å². The van der Waals surface area contributed by atoms with E-state index in [0.717, 1.165) is 18.4 Å². The minimum absolute atomic E-state index is 0.104. The number of carbonyl (C=O) groups is 1. The molecule has 170 valence electrons. The first-order chi connectivity index (χ1) is 14.1. The number of carboxylic acids is 1. The third-order valence-electron chi connectivity index (χ3n) is 4.59. The molecular weight excluding hydrogens is 438 g/mol. The molecule has 0 saturated carbocycles. The van der Waals surface area contributed by atoms with Crippen molar-refractivity contribution in [3.05, 3.63) is 54.1 Å². The van der Waals surface area contributed by atoms with Crippen LogP contribution in [0.1, 0.15) is 31.9 Å². The van der Waals surface area contributed by atoms with Gasteiger partial charge in [0.25, 0.3) is 5.79 Å². The zero-order valence-corrected chi connectivity index (χ0v) is 17.9. The molecule has 0 saturated heterocycles. The van der Waals surface area contributed by atoms with Crippen molar-refractivity contribution in [1.82, 2.24) is 5.32 Å². The lowest BCUT2D eigenvalue weighted by Gasteiger charge is -2.31. The van der Waals surface area contributed by atoms with Gasteiger partial charge in [0, 0.05) is 12.7 Å². The molecule has 0 aliphatic carbocycles. The molecule has 2 aromatic rings. The SMILES string of the molecule is CC(C)CC(F)(N[C@@H](c1ccc(-c2ccc(S(C)(=O)=O)cc2)cc1)C(F)(F)F)C(=O)O. The molecule has 0 aromatic heterocycles. The van der Waals surface area contributed by atoms with Crippen LogP contribution in [0.15, 0.2) is 53.4 Å². The molecule has 5 nitrogen and oxygen atoms in total. The third-order valence-corrected chi connectivity index (χ3v) is 5.72. The van der Waals surface area contributed by atoms with Gasteiger partial charge in [-0.1, -0.05) is 50.2 Å². The predicted molar refractivity (Wildman–Crippen MR) is 108 cm³/mol. The number of hydrogen-bond acceptors (Lipinski definition) is 4. The highest BCUT2D eigenvalue weighted by Gasteiger charge is 2.49. The van der Waals surface area contributed by atoms with Crippen molar-refractivity contribution in [2.75, 3.05) is 6.26 Å². The van der Waals surface area contributed by atoms with E-state index in [2.05, 4.69) is 0 Å². The number of rotatable bonds is 8. The zero-order valence-electron chi connectivity index (χ0n) is 17.1. The average molecular weight is 461 g/mol. The number of aliphatic carboxylic acids is 1. The van der Waals surface area contributed by atoms with Crippen molar-refractivity contribution in [3.8, 4) is 11.1 Å². The summed E-state index contributed by atoms with van der Waals surface area (Å²) in [5.41, 5.74) is 0.730. The summed E-state index contributed by atoms with van der Waals surface area (Å²) in [5.74, 6) is -5.77. The van der Waals surface area contributed by atoms with Crippen LogP contribution in [0.2, 0.25) is 0 Å². The molecule has 0 aliphatic heterocycles. The Morgan fingerprint density at radius 2 is 1.42 bits per heavy atom. The molecule has 2 atom stereocenters. The van der Waals surface area contributed by atoms with E-state index in [1.54, 1.807) is 5.32 Å². The van der Waals surface area contributed by atoms with Gasteiger partial charge < -0.3 is 5.11 Å². The monoisotopic (exact) mass is 461 g/mol. The van der Waals surface area contributed by atoms with Crippen LogP contribution < -0.4 is 5.32 Å². The van der Waals surface area contributed by atoms with E-state index in [-0.39, 0.29) is 10.5 Å². The van der Waals surface area contributed by atoms with Gasteiger partial charge in [-0.2, -0.15) is 13.2 Å². The molecule has 0 radical (unpaired) electrons. The van der Waals surface area contributed by atoms with Crippen LogP contribution in [0, 0.1) is 5.92 Å². The van der Waals surface area contributed by atoms with Crippen molar-refractivity contribution in [3.63, 3.8) is 0 Å². The highest BCUT2D eigenvalue weighted by molar-refractivity contribution is 7.90. The molecule has 0 aliphatic rings. The van der Waals surface area contributed by atoms with Gasteiger partial charge in [-0.25, -0.2) is 17.6 Å². The third kappa shape index (κ3) is 6.27. The lowest BCUT2D eigenvalue weighted by Crippen LogP contribution is -2.53. The van der Waals surface area contributed by atoms with E-state index < -0.39 is 46.2 Å². The number of benzene rings is 2. The standard InChI is InChI=1S/C21H23F4NO4S/c1-13(2)12-20(22,19(27)28)26-18(21(23,24)25)16-6-4-14(5-7-16)15-8-10-17(11-9-15)31(3,29)30/h4-11,13,18,26H,12H2,1-3H3,(H,27,28)/t18-,20?/m0/s1. The van der Waals surface area contributed by atoms with Gasteiger partial charge in [0.15, 0.2) is 9.84 Å². The van der Waals surface area contributed by atoms with Crippen molar-refractivity contribution >= 4 is 15.8 Å². The molecule has 1 unspecified atom stereocenters. The smallest absolute Gasteiger partial charge is 0.408 e. The van der Waals surface area contributed by atoms with E-state index in [1.165, 1.54) is 50.2 Å². The fraction of sp³-hybridized carbons (Fsp3) is 0.381. The van der Waals surface area contributed by atoms with Gasteiger partial charge in [0.1, 0.15) is 6.04 Å². The molecule has 31 heavy (non-hydrogen) atoms. The molecule has 0 spiro atoms. The largest absolute Gasteiger partial charge is 0.478 e. The predicted octanol–water partition coefficient (Wildman–Crippen LogP) is 4.75. The Morgan fingerprint density at radius 1 is 0.968 bits per heavy atom. The summed E-state index contributed by atoms with van der Waals surface area (Å²) in [7, 11) is -3.39. The number of nitrogens with one attached hydrogen (secondary N) is 1. The van der Waals surface area contributed by atoms with Crippen molar-refractivity contribution in [2.24, 2.45) is 5.92 Å². The van der Waals surface area contributed by atoms with Crippen LogP contribution in [0.4, 0.5) is 17.6 Å². The van der Waals surface area contributed by atoms with Gasteiger partial charge in [-0.3, -0.25) is 5.32 Å². The molecular formula is C21H23F4NO4S. The Bertz CT molecular complexity index is 1020. The van der Waals surface area contributed by atoms with Crippen LogP contribution in [0.3, 0.4) is 0 Å². The highest BCUT2D eigenvalue weighted by atomic mass is 32.2. The maximum Gasteiger partial charge on any atom is 0.408 e. The van der Waals surface area contributed by atoms with Crippen molar-refractivity contribution < 1.29 is 35.9 Å². The second kappa shape index (κ2) is 8.96. The zero-order chi connectivity index (χ0) is 23.6. The van der Waals surface area contributed by atoms with Gasteiger partial charge >= 0.3 is 12.1 Å². The van der Waals surface area contributed by atoms with Gasteiger partial charge in [-0.05, 0) is 34.7 Å². The number of carboxylic acid groups (broad SMARTS) is 1. The fourth-order valence-electron chi connectivity index (χ4n) is 3.12. The lowest BCUT2D eigenvalue weighted by atomic mass is 9.97. The Balaban J connectivity index is 2.36. The maximum atomic E-state index is 14.8. The second-order valence-corrected chi connectivity index (χ2v) is 9.76. The summed E-state index contributed by atoms with van der Waals surface area (Å²) >= 11 is 0. The fourth-order valence-corrected chi connectivity index (χ4v) is 3.75. The van der Waals surface area contributed by atoms with Crippen molar-refractivity contribution in [1.29, 1.82) is 0 Å². The van der Waals surface area contributed by atoms with Crippen LogP contribution in [0.25, 0.3) is 11.1 Å². The highest BCUT2D eigenvalue weighted by Crippen LogP contribution is 2.37. The van der Waals surface area contributed by atoms with Crippen molar-refractivity contribution in [2.45, 2.75) is 43.2 Å².